The van der Waals surface area contributed by atoms with Gasteiger partial charge < -0.3 is 13.9 Å². The Bertz CT molecular complexity index is 915. The van der Waals surface area contributed by atoms with E-state index in [4.69, 9.17) is 13.9 Å². The summed E-state index contributed by atoms with van der Waals surface area (Å²) in [5, 5.41) is 14.5. The monoisotopic (exact) mass is 343 g/mol. The number of carbonyl (C=O) groups is 1. The number of rotatable bonds is 5. The van der Waals surface area contributed by atoms with Crippen LogP contribution < -0.4 is 14.8 Å². The molecule has 0 radical (unpaired) electrons. The summed E-state index contributed by atoms with van der Waals surface area (Å²) in [7, 11) is 4.80. The zero-order valence-electron chi connectivity index (χ0n) is 14.2. The maximum atomic E-state index is 12.3. The van der Waals surface area contributed by atoms with Gasteiger partial charge in [-0.1, -0.05) is 5.10 Å². The first kappa shape index (κ1) is 16.5. The molecular formula is C16H17N5O4. The second-order valence-electron chi connectivity index (χ2n) is 5.23. The molecule has 0 aliphatic heterocycles. The Labute approximate surface area is 143 Å². The third-order valence-corrected chi connectivity index (χ3v) is 3.51. The summed E-state index contributed by atoms with van der Waals surface area (Å²) in [5.74, 6) is 0.848. The molecule has 0 atom stereocenters. The van der Waals surface area contributed by atoms with Crippen molar-refractivity contribution in [2.45, 2.75) is 6.92 Å². The summed E-state index contributed by atoms with van der Waals surface area (Å²) in [4.78, 5) is 12.3. The van der Waals surface area contributed by atoms with E-state index in [1.165, 1.54) is 14.2 Å². The van der Waals surface area contributed by atoms with E-state index in [-0.39, 0.29) is 11.9 Å². The van der Waals surface area contributed by atoms with Gasteiger partial charge in [0.05, 0.1) is 19.9 Å². The molecule has 0 fully saturated rings. The van der Waals surface area contributed by atoms with E-state index in [9.17, 15) is 4.79 Å². The molecule has 2 heterocycles. The number of ether oxygens (including phenoxy) is 2. The number of nitrogens with zero attached hydrogens (tertiary/aromatic N) is 4. The van der Waals surface area contributed by atoms with Crippen LogP contribution >= 0.6 is 0 Å². The molecule has 0 saturated carbocycles. The summed E-state index contributed by atoms with van der Waals surface area (Å²) in [5.41, 5.74) is 1.86. The summed E-state index contributed by atoms with van der Waals surface area (Å²) in [6.07, 6.45) is 0. The minimum atomic E-state index is -0.405. The smallest absolute Gasteiger partial charge is 0.322 e. The molecule has 3 aromatic rings. The van der Waals surface area contributed by atoms with Crippen molar-refractivity contribution in [3.63, 3.8) is 0 Å². The first-order chi connectivity index (χ1) is 12.0. The Kier molecular flexibility index (Phi) is 4.38. The third kappa shape index (κ3) is 3.30. The van der Waals surface area contributed by atoms with Crippen molar-refractivity contribution in [3.05, 3.63) is 35.5 Å². The van der Waals surface area contributed by atoms with E-state index in [0.29, 0.717) is 22.8 Å². The Morgan fingerprint density at radius 3 is 2.56 bits per heavy atom. The van der Waals surface area contributed by atoms with Crippen LogP contribution in [0.5, 0.6) is 11.5 Å². The molecule has 0 bridgehead atoms. The van der Waals surface area contributed by atoms with Gasteiger partial charge in [0.25, 0.3) is 11.8 Å². The number of hydrogen-bond donors (Lipinski definition) is 1. The molecule has 1 N–H and O–H groups in total. The molecule has 2 aromatic heterocycles. The largest absolute Gasteiger partial charge is 0.493 e. The fraction of sp³-hybridized carbons (Fsp3) is 0.250. The minimum absolute atomic E-state index is 0.00589. The number of aryl methyl sites for hydroxylation is 2. The molecular weight excluding hydrogens is 326 g/mol. The van der Waals surface area contributed by atoms with E-state index in [0.717, 1.165) is 5.69 Å². The first-order valence-corrected chi connectivity index (χ1v) is 7.39. The number of benzene rings is 1. The quantitative estimate of drug-likeness (QED) is 0.756. The molecule has 3 rings (SSSR count). The lowest BCUT2D eigenvalue weighted by molar-refractivity contribution is 0.102. The van der Waals surface area contributed by atoms with Crippen molar-refractivity contribution >= 4 is 11.9 Å². The second-order valence-corrected chi connectivity index (χ2v) is 5.23. The molecule has 9 nitrogen and oxygen atoms in total. The molecule has 0 aliphatic carbocycles. The van der Waals surface area contributed by atoms with Gasteiger partial charge in [-0.25, -0.2) is 0 Å². The van der Waals surface area contributed by atoms with Crippen LogP contribution in [0.15, 0.2) is 28.7 Å². The fourth-order valence-corrected chi connectivity index (χ4v) is 2.33. The summed E-state index contributed by atoms with van der Waals surface area (Å²) >= 11 is 0. The molecule has 1 aromatic carbocycles. The zero-order chi connectivity index (χ0) is 18.0. The Balaban J connectivity index is 1.79. The zero-order valence-corrected chi connectivity index (χ0v) is 14.2. The van der Waals surface area contributed by atoms with Gasteiger partial charge in [0.15, 0.2) is 11.5 Å². The molecule has 9 heteroatoms. The number of nitrogens with one attached hydrogen (secondary N) is 1. The van der Waals surface area contributed by atoms with Gasteiger partial charge in [-0.2, -0.15) is 5.10 Å². The fourth-order valence-electron chi connectivity index (χ4n) is 2.33. The molecule has 0 spiro atoms. The van der Waals surface area contributed by atoms with Crippen molar-refractivity contribution in [2.75, 3.05) is 19.5 Å². The number of anilines is 1. The highest BCUT2D eigenvalue weighted by Gasteiger charge is 2.16. The lowest BCUT2D eigenvalue weighted by atomic mass is 10.2. The van der Waals surface area contributed by atoms with Gasteiger partial charge >= 0.3 is 6.01 Å². The number of amides is 1. The van der Waals surface area contributed by atoms with Gasteiger partial charge in [0, 0.05) is 12.6 Å². The van der Waals surface area contributed by atoms with Gasteiger partial charge in [-0.15, -0.1) is 5.10 Å². The number of methoxy groups -OCH3 is 2. The van der Waals surface area contributed by atoms with E-state index in [2.05, 4.69) is 20.6 Å². The van der Waals surface area contributed by atoms with Gasteiger partial charge in [0.1, 0.15) is 5.69 Å². The predicted octanol–water partition coefficient (Wildman–Crippen LogP) is 2.05. The van der Waals surface area contributed by atoms with E-state index < -0.39 is 5.91 Å². The van der Waals surface area contributed by atoms with Gasteiger partial charge in [0.2, 0.25) is 0 Å². The van der Waals surface area contributed by atoms with Crippen LogP contribution in [0.4, 0.5) is 6.01 Å². The molecule has 0 saturated heterocycles. The highest BCUT2D eigenvalue weighted by Crippen LogP contribution is 2.28. The normalized spacial score (nSPS) is 10.6. The molecule has 0 unspecified atom stereocenters. The van der Waals surface area contributed by atoms with Crippen LogP contribution in [0.25, 0.3) is 11.6 Å². The van der Waals surface area contributed by atoms with Crippen molar-refractivity contribution in [3.8, 4) is 23.1 Å². The van der Waals surface area contributed by atoms with Crippen molar-refractivity contribution in [1.29, 1.82) is 0 Å². The van der Waals surface area contributed by atoms with Crippen LogP contribution in [0.3, 0.4) is 0 Å². The molecule has 0 aliphatic rings. The van der Waals surface area contributed by atoms with E-state index >= 15 is 0 Å². The number of carbonyl (C=O) groups excluding carboxylic acids is 1. The van der Waals surface area contributed by atoms with Crippen molar-refractivity contribution < 1.29 is 18.7 Å². The Hall–Kier alpha value is -3.36. The van der Waals surface area contributed by atoms with Crippen LogP contribution in [0.1, 0.15) is 16.1 Å². The highest BCUT2D eigenvalue weighted by molar-refractivity contribution is 6.03. The average molecular weight is 343 g/mol. The number of aromatic nitrogens is 4. The lowest BCUT2D eigenvalue weighted by Gasteiger charge is -2.08. The van der Waals surface area contributed by atoms with Crippen LogP contribution in [0, 0.1) is 6.92 Å². The predicted molar refractivity (Wildman–Crippen MR) is 88.7 cm³/mol. The third-order valence-electron chi connectivity index (χ3n) is 3.51. The standard InChI is InChI=1S/C16H17N5O4/c1-9-7-11(21(2)20-9)15-18-19-16(25-15)17-14(22)10-5-6-12(23-3)13(8-10)24-4/h5-8H,1-4H3,(H,17,19,22). The molecule has 130 valence electrons. The first-order valence-electron chi connectivity index (χ1n) is 7.39. The van der Waals surface area contributed by atoms with Crippen LogP contribution in [-0.4, -0.2) is 40.1 Å². The maximum Gasteiger partial charge on any atom is 0.322 e. The summed E-state index contributed by atoms with van der Waals surface area (Å²) in [6.45, 7) is 1.86. The molecule has 25 heavy (non-hydrogen) atoms. The van der Waals surface area contributed by atoms with Gasteiger partial charge in [-0.05, 0) is 31.2 Å². The number of hydrogen-bond acceptors (Lipinski definition) is 7. The summed E-state index contributed by atoms with van der Waals surface area (Å²) < 4.78 is 17.5. The van der Waals surface area contributed by atoms with E-state index in [1.807, 2.05) is 13.0 Å². The van der Waals surface area contributed by atoms with Crippen molar-refractivity contribution in [1.82, 2.24) is 20.0 Å². The maximum absolute atomic E-state index is 12.3. The SMILES string of the molecule is COc1ccc(C(=O)Nc2nnc(-c3cc(C)nn3C)o2)cc1OC. The van der Waals surface area contributed by atoms with Crippen LogP contribution in [-0.2, 0) is 7.05 Å². The Morgan fingerprint density at radius 2 is 1.92 bits per heavy atom. The van der Waals surface area contributed by atoms with E-state index in [1.54, 1.807) is 29.9 Å². The molecule has 1 amide bonds. The highest BCUT2D eigenvalue weighted by atomic mass is 16.5. The second kappa shape index (κ2) is 6.63. The van der Waals surface area contributed by atoms with Crippen molar-refractivity contribution in [2.24, 2.45) is 7.05 Å². The summed E-state index contributed by atoms with van der Waals surface area (Å²) in [6, 6.07) is 6.63. The lowest BCUT2D eigenvalue weighted by Crippen LogP contribution is -2.12. The topological polar surface area (TPSA) is 104 Å². The van der Waals surface area contributed by atoms with Crippen LogP contribution in [0.2, 0.25) is 0 Å². The minimum Gasteiger partial charge on any atom is -0.493 e. The average Bonchev–Trinajstić information content (AvgIpc) is 3.19. The Morgan fingerprint density at radius 1 is 1.16 bits per heavy atom. The van der Waals surface area contributed by atoms with Gasteiger partial charge in [-0.3, -0.25) is 14.8 Å².